The summed E-state index contributed by atoms with van der Waals surface area (Å²) in [7, 11) is 0. The summed E-state index contributed by atoms with van der Waals surface area (Å²) in [6.07, 6.45) is 14.7. The van der Waals surface area contributed by atoms with E-state index in [9.17, 15) is 0 Å². The van der Waals surface area contributed by atoms with Gasteiger partial charge in [0.25, 0.3) is 0 Å². The molecule has 2 heteroatoms. The van der Waals surface area contributed by atoms with Crippen molar-refractivity contribution in [3.05, 3.63) is 0 Å². The van der Waals surface area contributed by atoms with Gasteiger partial charge in [-0.15, -0.1) is 0 Å². The molecule has 1 N–H and O–H groups in total. The van der Waals surface area contributed by atoms with Gasteiger partial charge < -0.3 is 5.32 Å². The summed E-state index contributed by atoms with van der Waals surface area (Å²) in [5, 5.41) is 3.98. The second-order valence-electron chi connectivity index (χ2n) is 8.68. The average molecular weight is 290 g/mol. The molecule has 0 amide bonds. The van der Waals surface area contributed by atoms with Gasteiger partial charge in [-0.25, -0.2) is 0 Å². The predicted octanol–water partition coefficient (Wildman–Crippen LogP) is 3.81. The van der Waals surface area contributed by atoms with Crippen LogP contribution in [0.3, 0.4) is 0 Å². The van der Waals surface area contributed by atoms with E-state index >= 15 is 0 Å². The summed E-state index contributed by atoms with van der Waals surface area (Å²) >= 11 is 0. The van der Waals surface area contributed by atoms with Crippen LogP contribution in [0.1, 0.15) is 71.1 Å². The molecule has 0 radical (unpaired) electrons. The van der Waals surface area contributed by atoms with Gasteiger partial charge in [-0.1, -0.05) is 32.6 Å². The van der Waals surface area contributed by atoms with E-state index < -0.39 is 0 Å². The smallest absolute Gasteiger partial charge is 0.0309 e. The van der Waals surface area contributed by atoms with E-state index in [2.05, 4.69) is 17.1 Å². The highest BCUT2D eigenvalue weighted by Gasteiger charge is 2.44. The van der Waals surface area contributed by atoms with E-state index in [1.54, 1.807) is 25.7 Å². The van der Waals surface area contributed by atoms with E-state index in [4.69, 9.17) is 0 Å². The Hall–Kier alpha value is -0.0800. The zero-order valence-electron chi connectivity index (χ0n) is 13.9. The third kappa shape index (κ3) is 2.79. The average Bonchev–Trinajstić information content (AvgIpc) is 3.19. The lowest BCUT2D eigenvalue weighted by Gasteiger charge is -2.48. The molecule has 0 aromatic carbocycles. The van der Waals surface area contributed by atoms with Gasteiger partial charge in [0.15, 0.2) is 0 Å². The summed E-state index contributed by atoms with van der Waals surface area (Å²) in [4.78, 5) is 2.94. The van der Waals surface area contributed by atoms with Gasteiger partial charge in [-0.05, 0) is 56.3 Å². The Morgan fingerprint density at radius 1 is 1.14 bits per heavy atom. The van der Waals surface area contributed by atoms with Gasteiger partial charge in [0.1, 0.15) is 0 Å². The molecule has 21 heavy (non-hydrogen) atoms. The van der Waals surface area contributed by atoms with E-state index in [1.165, 1.54) is 58.2 Å². The first-order valence-corrected chi connectivity index (χ1v) is 9.77. The number of hydrogen-bond acceptors (Lipinski definition) is 2. The summed E-state index contributed by atoms with van der Waals surface area (Å²) in [5.41, 5.74) is 0.502. The van der Waals surface area contributed by atoms with Crippen molar-refractivity contribution >= 4 is 0 Å². The maximum absolute atomic E-state index is 3.98. The maximum Gasteiger partial charge on any atom is 0.0309 e. The second kappa shape index (κ2) is 5.85. The van der Waals surface area contributed by atoms with Crippen molar-refractivity contribution < 1.29 is 0 Å². The highest BCUT2D eigenvalue weighted by molar-refractivity contribution is 5.02. The lowest BCUT2D eigenvalue weighted by molar-refractivity contribution is 0.0524. The molecule has 4 fully saturated rings. The molecular formula is C19H34N2. The summed E-state index contributed by atoms with van der Waals surface area (Å²) in [6.45, 7) is 6.39. The standard InChI is InChI=1S/C19H34N2/c1-2-5-18-12-20-19(8-3-4-9-19)14-21(18)13-17-11-15-6-7-16(17)10-15/h15-18,20H,2-14H2,1H3. The van der Waals surface area contributed by atoms with Crippen LogP contribution in [-0.2, 0) is 0 Å². The zero-order valence-corrected chi connectivity index (χ0v) is 13.9. The van der Waals surface area contributed by atoms with Crippen molar-refractivity contribution in [3.63, 3.8) is 0 Å². The number of hydrogen-bond donors (Lipinski definition) is 1. The third-order valence-corrected chi connectivity index (χ3v) is 7.27. The molecule has 4 atom stereocenters. The van der Waals surface area contributed by atoms with Gasteiger partial charge >= 0.3 is 0 Å². The maximum atomic E-state index is 3.98. The molecule has 120 valence electrons. The van der Waals surface area contributed by atoms with Crippen LogP contribution in [0.2, 0.25) is 0 Å². The minimum Gasteiger partial charge on any atom is -0.308 e. The molecule has 3 saturated carbocycles. The van der Waals surface area contributed by atoms with Crippen LogP contribution in [0.25, 0.3) is 0 Å². The quantitative estimate of drug-likeness (QED) is 0.847. The number of piperazine rings is 1. The van der Waals surface area contributed by atoms with Crippen molar-refractivity contribution in [2.75, 3.05) is 19.6 Å². The molecule has 3 aliphatic carbocycles. The molecule has 1 spiro atoms. The number of rotatable bonds is 4. The normalized spacial score (nSPS) is 42.1. The van der Waals surface area contributed by atoms with E-state index in [-0.39, 0.29) is 0 Å². The monoisotopic (exact) mass is 290 g/mol. The predicted molar refractivity (Wildman–Crippen MR) is 88.4 cm³/mol. The largest absolute Gasteiger partial charge is 0.308 e. The Morgan fingerprint density at radius 3 is 2.67 bits per heavy atom. The molecular weight excluding hydrogens is 256 g/mol. The fourth-order valence-electron chi connectivity index (χ4n) is 6.16. The van der Waals surface area contributed by atoms with Crippen molar-refractivity contribution in [1.82, 2.24) is 10.2 Å². The van der Waals surface area contributed by atoms with Crippen LogP contribution in [0.4, 0.5) is 0 Å². The zero-order chi connectivity index (χ0) is 14.3. The number of nitrogens with zero attached hydrogens (tertiary/aromatic N) is 1. The molecule has 0 aromatic heterocycles. The summed E-state index contributed by atoms with van der Waals surface area (Å²) in [6, 6.07) is 0.820. The fraction of sp³-hybridized carbons (Fsp3) is 1.00. The van der Waals surface area contributed by atoms with Gasteiger partial charge in [0.2, 0.25) is 0 Å². The molecule has 4 unspecified atom stereocenters. The van der Waals surface area contributed by atoms with Gasteiger partial charge in [0, 0.05) is 31.2 Å². The van der Waals surface area contributed by atoms with Gasteiger partial charge in [-0.2, -0.15) is 0 Å². The highest BCUT2D eigenvalue weighted by Crippen LogP contribution is 2.49. The second-order valence-corrected chi connectivity index (χ2v) is 8.68. The Bertz CT molecular complexity index is 361. The van der Waals surface area contributed by atoms with Crippen LogP contribution >= 0.6 is 0 Å². The van der Waals surface area contributed by atoms with Gasteiger partial charge in [-0.3, -0.25) is 4.90 Å². The van der Waals surface area contributed by atoms with Crippen LogP contribution in [0.5, 0.6) is 0 Å². The molecule has 1 saturated heterocycles. The van der Waals surface area contributed by atoms with Crippen LogP contribution in [-0.4, -0.2) is 36.1 Å². The first-order chi connectivity index (χ1) is 10.3. The van der Waals surface area contributed by atoms with Crippen LogP contribution in [0.15, 0.2) is 0 Å². The van der Waals surface area contributed by atoms with Crippen molar-refractivity contribution in [2.24, 2.45) is 17.8 Å². The topological polar surface area (TPSA) is 15.3 Å². The number of nitrogens with one attached hydrogen (secondary N) is 1. The van der Waals surface area contributed by atoms with E-state index in [0.29, 0.717) is 5.54 Å². The van der Waals surface area contributed by atoms with E-state index in [1.807, 2.05) is 0 Å². The first kappa shape index (κ1) is 14.5. The summed E-state index contributed by atoms with van der Waals surface area (Å²) in [5.74, 6) is 3.24. The molecule has 0 aromatic rings. The van der Waals surface area contributed by atoms with Crippen molar-refractivity contribution in [1.29, 1.82) is 0 Å². The van der Waals surface area contributed by atoms with Crippen molar-refractivity contribution in [2.45, 2.75) is 82.7 Å². The summed E-state index contributed by atoms with van der Waals surface area (Å²) < 4.78 is 0. The fourth-order valence-corrected chi connectivity index (χ4v) is 6.16. The lowest BCUT2D eigenvalue weighted by atomic mass is 9.85. The van der Waals surface area contributed by atoms with Crippen LogP contribution in [0, 0.1) is 17.8 Å². The Morgan fingerprint density at radius 2 is 2.00 bits per heavy atom. The van der Waals surface area contributed by atoms with Crippen LogP contribution < -0.4 is 5.32 Å². The molecule has 1 heterocycles. The molecule has 2 bridgehead atoms. The third-order valence-electron chi connectivity index (χ3n) is 7.27. The van der Waals surface area contributed by atoms with Crippen molar-refractivity contribution in [3.8, 4) is 0 Å². The Labute approximate surface area is 131 Å². The highest BCUT2D eigenvalue weighted by atomic mass is 15.3. The lowest BCUT2D eigenvalue weighted by Crippen LogP contribution is -2.63. The Balaban J connectivity index is 1.43. The minimum atomic E-state index is 0.502. The molecule has 2 nitrogen and oxygen atoms in total. The molecule has 4 rings (SSSR count). The Kier molecular flexibility index (Phi) is 4.04. The number of fused-ring (bicyclic) bond motifs is 2. The molecule has 1 aliphatic heterocycles. The first-order valence-electron chi connectivity index (χ1n) is 9.77. The molecule has 4 aliphatic rings. The minimum absolute atomic E-state index is 0.502. The van der Waals surface area contributed by atoms with E-state index in [0.717, 1.165) is 23.8 Å². The van der Waals surface area contributed by atoms with Gasteiger partial charge in [0.05, 0.1) is 0 Å². The SMILES string of the molecule is CCCC1CNC2(CCCC2)CN1CC1CC2CCC1C2.